The zero-order valence-electron chi connectivity index (χ0n) is 11.9. The highest BCUT2D eigenvalue weighted by Gasteiger charge is 2.43. The fourth-order valence-electron chi connectivity index (χ4n) is 2.77. The lowest BCUT2D eigenvalue weighted by Crippen LogP contribution is -2.23. The Morgan fingerprint density at radius 1 is 1.21 bits per heavy atom. The summed E-state index contributed by atoms with van der Waals surface area (Å²) in [5, 5.41) is 0. The Kier molecular flexibility index (Phi) is 5.96. The van der Waals surface area contributed by atoms with Crippen molar-refractivity contribution in [3.63, 3.8) is 0 Å². The second-order valence-electron chi connectivity index (χ2n) is 5.61. The first kappa shape index (κ1) is 18.3. The molecule has 1 aliphatic heterocycles. The van der Waals surface area contributed by atoms with E-state index in [2.05, 4.69) is 32.4 Å². The molecule has 0 aromatic rings. The van der Waals surface area contributed by atoms with Gasteiger partial charge in [0.05, 0.1) is 15.5 Å². The van der Waals surface area contributed by atoms with Crippen molar-refractivity contribution >= 4 is 15.8 Å². The zero-order valence-corrected chi connectivity index (χ0v) is 12.7. The molecule has 112 valence electrons. The smallest absolute Gasteiger partial charge is 0.181 e. The van der Waals surface area contributed by atoms with Crippen molar-refractivity contribution in [1.82, 2.24) is 0 Å². The van der Waals surface area contributed by atoms with Crippen LogP contribution < -0.4 is 0 Å². The van der Waals surface area contributed by atoms with Crippen LogP contribution in [0.4, 0.5) is 0 Å². The predicted molar refractivity (Wildman–Crippen MR) is 78.5 cm³/mol. The first-order valence-electron chi connectivity index (χ1n) is 6.26. The molecule has 0 spiro atoms. The quantitative estimate of drug-likeness (QED) is 0.509. The van der Waals surface area contributed by atoms with E-state index in [1.807, 2.05) is 0 Å². The van der Waals surface area contributed by atoms with Crippen molar-refractivity contribution in [2.45, 2.75) is 53.9 Å². The highest BCUT2D eigenvalue weighted by molar-refractivity contribution is 7.84. The normalized spacial score (nSPS) is 21.4. The van der Waals surface area contributed by atoms with E-state index in [-0.39, 0.29) is 7.43 Å². The van der Waals surface area contributed by atoms with Gasteiger partial charge in [0.15, 0.2) is 11.4 Å². The van der Waals surface area contributed by atoms with Gasteiger partial charge in [-0.1, -0.05) is 7.43 Å². The highest BCUT2D eigenvalue weighted by atomic mass is 32.2. The number of nitrogens with zero attached hydrogens (tertiary/aromatic N) is 1. The molecular formula is C14H27NO3S. The minimum atomic E-state index is -3.92. The Balaban J connectivity index is 0.000000471. The predicted octanol–water partition coefficient (Wildman–Crippen LogP) is 2.76. The van der Waals surface area contributed by atoms with E-state index in [1.165, 1.54) is 31.4 Å². The lowest BCUT2D eigenvalue weighted by atomic mass is 9.77. The van der Waals surface area contributed by atoms with Crippen molar-refractivity contribution < 1.29 is 17.5 Å². The molecule has 0 aromatic heterocycles. The molecule has 4 nitrogen and oxygen atoms in total. The summed E-state index contributed by atoms with van der Waals surface area (Å²) in [4.78, 5) is 0. The Morgan fingerprint density at radius 3 is 2.05 bits per heavy atom. The van der Waals surface area contributed by atoms with E-state index >= 15 is 0 Å². The highest BCUT2D eigenvalue weighted by Crippen LogP contribution is 2.43. The molecule has 5 heteroatoms. The summed E-state index contributed by atoms with van der Waals surface area (Å²) in [6, 6.07) is 0. The van der Waals surface area contributed by atoms with Crippen molar-refractivity contribution in [3.05, 3.63) is 11.3 Å². The standard InChI is InChI=1S/C12H20N.CH4O3S.CH4/c1-9-12(2,3)10-7-5-6-8-11(10)13(9)4;1-5(2,3)4;/h5-8H2,1-4H3;1H3,(H,2,3,4);1H4/q+1;;/p-1. The van der Waals surface area contributed by atoms with E-state index < -0.39 is 10.1 Å². The van der Waals surface area contributed by atoms with Crippen LogP contribution in [0, 0.1) is 5.41 Å². The molecule has 0 aromatic carbocycles. The van der Waals surface area contributed by atoms with Gasteiger partial charge >= 0.3 is 0 Å². The molecule has 0 amide bonds. The summed E-state index contributed by atoms with van der Waals surface area (Å²) < 4.78 is 29.7. The summed E-state index contributed by atoms with van der Waals surface area (Å²) in [5.41, 5.74) is 5.19. The molecule has 2 aliphatic rings. The van der Waals surface area contributed by atoms with Gasteiger partial charge < -0.3 is 4.55 Å². The van der Waals surface area contributed by atoms with Gasteiger partial charge in [-0.3, -0.25) is 0 Å². The molecule has 0 unspecified atom stereocenters. The summed E-state index contributed by atoms with van der Waals surface area (Å²) >= 11 is 0. The van der Waals surface area contributed by atoms with Crippen molar-refractivity contribution in [3.8, 4) is 0 Å². The third-order valence-corrected chi connectivity index (χ3v) is 4.01. The van der Waals surface area contributed by atoms with Crippen LogP contribution >= 0.6 is 0 Å². The van der Waals surface area contributed by atoms with E-state index in [0.717, 1.165) is 0 Å². The monoisotopic (exact) mass is 289 g/mol. The molecule has 0 saturated carbocycles. The van der Waals surface area contributed by atoms with Crippen molar-refractivity contribution in [1.29, 1.82) is 0 Å². The van der Waals surface area contributed by atoms with Gasteiger partial charge in [0.25, 0.3) is 0 Å². The fraction of sp³-hybridized carbons (Fsp3) is 0.786. The van der Waals surface area contributed by atoms with Crippen LogP contribution in [0.25, 0.3) is 0 Å². The van der Waals surface area contributed by atoms with Gasteiger partial charge in [0.2, 0.25) is 0 Å². The molecule has 2 rings (SSSR count). The average Bonchev–Trinajstić information content (AvgIpc) is 2.40. The average molecular weight is 289 g/mol. The molecule has 1 heterocycles. The van der Waals surface area contributed by atoms with Crippen LogP contribution in [0.1, 0.15) is 53.9 Å². The second kappa shape index (κ2) is 6.18. The third-order valence-electron chi connectivity index (χ3n) is 4.01. The summed E-state index contributed by atoms with van der Waals surface area (Å²) in [6.07, 6.45) is 6.00. The Labute approximate surface area is 118 Å². The Bertz CT molecular complexity index is 491. The van der Waals surface area contributed by atoms with E-state index in [0.29, 0.717) is 11.7 Å². The Morgan fingerprint density at radius 2 is 1.63 bits per heavy atom. The number of hydrogen-bond donors (Lipinski definition) is 0. The molecule has 0 atom stereocenters. The van der Waals surface area contributed by atoms with E-state index in [9.17, 15) is 0 Å². The maximum Gasteiger partial charge on any atom is 0.181 e. The molecule has 0 radical (unpaired) electrons. The zero-order chi connectivity index (χ0) is 14.1. The lowest BCUT2D eigenvalue weighted by molar-refractivity contribution is -0.445. The van der Waals surface area contributed by atoms with Crippen molar-refractivity contribution in [2.75, 3.05) is 13.3 Å². The summed E-state index contributed by atoms with van der Waals surface area (Å²) in [5.74, 6) is 0. The van der Waals surface area contributed by atoms with Gasteiger partial charge in [-0.25, -0.2) is 13.0 Å². The van der Waals surface area contributed by atoms with Gasteiger partial charge in [-0.15, -0.1) is 0 Å². The van der Waals surface area contributed by atoms with Gasteiger partial charge in [0, 0.05) is 25.2 Å². The molecular weight excluding hydrogens is 262 g/mol. The first-order chi connectivity index (χ1) is 8.05. The molecule has 0 saturated heterocycles. The fourth-order valence-corrected chi connectivity index (χ4v) is 2.77. The van der Waals surface area contributed by atoms with Crippen molar-refractivity contribution in [2.24, 2.45) is 5.41 Å². The van der Waals surface area contributed by atoms with Crippen LogP contribution in [0.15, 0.2) is 11.3 Å². The number of hydrogen-bond acceptors (Lipinski definition) is 3. The van der Waals surface area contributed by atoms with E-state index in [4.69, 9.17) is 13.0 Å². The first-order valence-corrected chi connectivity index (χ1v) is 8.08. The molecule has 1 aliphatic carbocycles. The van der Waals surface area contributed by atoms with Crippen LogP contribution in [-0.2, 0) is 10.1 Å². The molecule has 0 N–H and O–H groups in total. The van der Waals surface area contributed by atoms with Gasteiger partial charge in [-0.2, -0.15) is 0 Å². The topological polar surface area (TPSA) is 60.2 Å². The lowest BCUT2D eigenvalue weighted by Gasteiger charge is -2.21. The maximum absolute atomic E-state index is 9.08. The third kappa shape index (κ3) is 4.42. The largest absolute Gasteiger partial charge is 0.748 e. The second-order valence-corrected chi connectivity index (χ2v) is 7.01. The summed E-state index contributed by atoms with van der Waals surface area (Å²) in [7, 11) is -1.69. The van der Waals surface area contributed by atoms with Crippen LogP contribution in [-0.4, -0.2) is 36.6 Å². The molecule has 0 fully saturated rings. The molecule has 19 heavy (non-hydrogen) atoms. The SMILES string of the molecule is C.CC1=[N+](C)C2=C(CCCC2)C1(C)C.CS(=O)(=O)[O-]. The summed E-state index contributed by atoms with van der Waals surface area (Å²) in [6.45, 7) is 7.01. The Hall–Kier alpha value is -0.680. The van der Waals surface area contributed by atoms with Crippen LogP contribution in [0.2, 0.25) is 0 Å². The van der Waals surface area contributed by atoms with E-state index in [1.54, 1.807) is 11.3 Å². The minimum Gasteiger partial charge on any atom is -0.748 e. The van der Waals surface area contributed by atoms with Gasteiger partial charge in [0.1, 0.15) is 7.05 Å². The minimum absolute atomic E-state index is 0. The number of rotatable bonds is 0. The maximum atomic E-state index is 9.08. The van der Waals surface area contributed by atoms with Crippen LogP contribution in [0.3, 0.4) is 0 Å². The van der Waals surface area contributed by atoms with Crippen LogP contribution in [0.5, 0.6) is 0 Å². The molecule has 0 bridgehead atoms. The van der Waals surface area contributed by atoms with Gasteiger partial charge in [-0.05, 0) is 33.1 Å². The number of allylic oxidation sites excluding steroid dienone is 2.